The van der Waals surface area contributed by atoms with Crippen LogP contribution in [0.3, 0.4) is 0 Å². The average Bonchev–Trinajstić information content (AvgIpc) is 2.55. The van der Waals surface area contributed by atoms with Crippen molar-refractivity contribution in [1.29, 1.82) is 0 Å². The Hall–Kier alpha value is -2.24. The summed E-state index contributed by atoms with van der Waals surface area (Å²) in [6, 6.07) is 11.7. The molecule has 1 N–H and O–H groups in total. The molecule has 0 aliphatic rings. The van der Waals surface area contributed by atoms with E-state index in [0.717, 1.165) is 0 Å². The van der Waals surface area contributed by atoms with Crippen molar-refractivity contribution < 1.29 is 14.3 Å². The zero-order chi connectivity index (χ0) is 17.7. The number of nitrogens with one attached hydrogen (secondary N) is 1. The quantitative estimate of drug-likeness (QED) is 0.869. The molecule has 0 radical (unpaired) electrons. The number of nitrogens with zero attached hydrogens (tertiary/aromatic N) is 1. The zero-order valence-corrected chi connectivity index (χ0v) is 14.7. The monoisotopic (exact) mass is 366 g/mol. The molecule has 126 valence electrons. The third-order valence-corrected chi connectivity index (χ3v) is 3.79. The molecule has 0 unspecified atom stereocenters. The Morgan fingerprint density at radius 1 is 1.17 bits per heavy atom. The number of amides is 2. The van der Waals surface area contributed by atoms with E-state index >= 15 is 0 Å². The normalized spacial score (nSPS) is 10.2. The molecular formula is C17H16Cl2N2O3. The number of anilines is 2. The fourth-order valence-electron chi connectivity index (χ4n) is 2.10. The van der Waals surface area contributed by atoms with Gasteiger partial charge in [-0.3, -0.25) is 9.59 Å². The Balaban J connectivity index is 2.17. The molecule has 0 aliphatic heterocycles. The van der Waals surface area contributed by atoms with E-state index < -0.39 is 0 Å². The van der Waals surface area contributed by atoms with Gasteiger partial charge < -0.3 is 15.0 Å². The molecule has 0 atom stereocenters. The van der Waals surface area contributed by atoms with E-state index in [0.29, 0.717) is 27.2 Å². The number of carbonyl (C=O) groups is 2. The van der Waals surface area contributed by atoms with Crippen LogP contribution in [0.1, 0.15) is 6.92 Å². The molecule has 0 spiro atoms. The lowest BCUT2D eigenvalue weighted by Gasteiger charge is -2.22. The first-order valence-electron chi connectivity index (χ1n) is 7.07. The Labute approximate surface area is 150 Å². The summed E-state index contributed by atoms with van der Waals surface area (Å²) in [5.41, 5.74) is 0.956. The van der Waals surface area contributed by atoms with Crippen LogP contribution in [-0.2, 0) is 9.59 Å². The molecule has 24 heavy (non-hydrogen) atoms. The van der Waals surface area contributed by atoms with E-state index in [1.54, 1.807) is 49.6 Å². The van der Waals surface area contributed by atoms with Crippen LogP contribution in [0.15, 0.2) is 42.5 Å². The van der Waals surface area contributed by atoms with Crippen molar-refractivity contribution in [1.82, 2.24) is 0 Å². The van der Waals surface area contributed by atoms with Crippen LogP contribution in [0.25, 0.3) is 0 Å². The molecule has 0 fully saturated rings. The topological polar surface area (TPSA) is 58.6 Å². The summed E-state index contributed by atoms with van der Waals surface area (Å²) in [4.78, 5) is 25.5. The molecule has 0 saturated carbocycles. The van der Waals surface area contributed by atoms with Gasteiger partial charge in [-0.05, 0) is 30.3 Å². The molecule has 2 aromatic carbocycles. The fourth-order valence-corrected chi connectivity index (χ4v) is 2.49. The van der Waals surface area contributed by atoms with Gasteiger partial charge in [0.05, 0.1) is 17.8 Å². The first-order valence-corrected chi connectivity index (χ1v) is 7.83. The Morgan fingerprint density at radius 3 is 2.58 bits per heavy atom. The van der Waals surface area contributed by atoms with Gasteiger partial charge in [0.25, 0.3) is 0 Å². The van der Waals surface area contributed by atoms with Gasteiger partial charge in [0.15, 0.2) is 0 Å². The molecule has 2 amide bonds. The molecule has 0 saturated heterocycles. The van der Waals surface area contributed by atoms with Gasteiger partial charge in [0, 0.05) is 23.7 Å². The van der Waals surface area contributed by atoms with E-state index in [1.165, 1.54) is 11.8 Å². The van der Waals surface area contributed by atoms with Crippen LogP contribution in [0.4, 0.5) is 11.4 Å². The molecular weight excluding hydrogens is 351 g/mol. The minimum atomic E-state index is -0.366. The number of benzene rings is 2. The molecule has 2 rings (SSSR count). The zero-order valence-electron chi connectivity index (χ0n) is 13.2. The van der Waals surface area contributed by atoms with Gasteiger partial charge in [0.2, 0.25) is 11.8 Å². The van der Waals surface area contributed by atoms with Gasteiger partial charge in [0.1, 0.15) is 12.3 Å². The number of halogens is 2. The number of carbonyl (C=O) groups excluding carboxylic acids is 2. The maximum Gasteiger partial charge on any atom is 0.244 e. The van der Waals surface area contributed by atoms with Crippen molar-refractivity contribution in [3.05, 3.63) is 52.5 Å². The van der Waals surface area contributed by atoms with Gasteiger partial charge >= 0.3 is 0 Å². The van der Waals surface area contributed by atoms with Crippen LogP contribution in [0.2, 0.25) is 10.0 Å². The van der Waals surface area contributed by atoms with Crippen molar-refractivity contribution in [2.45, 2.75) is 6.92 Å². The highest BCUT2D eigenvalue weighted by Gasteiger charge is 2.19. The van der Waals surface area contributed by atoms with Gasteiger partial charge in [-0.25, -0.2) is 0 Å². The van der Waals surface area contributed by atoms with Crippen molar-refractivity contribution >= 4 is 46.4 Å². The molecule has 0 bridgehead atoms. The summed E-state index contributed by atoms with van der Waals surface area (Å²) in [6.45, 7) is 1.17. The summed E-state index contributed by atoms with van der Waals surface area (Å²) in [7, 11) is 1.54. The molecule has 0 aromatic heterocycles. The Bertz CT molecular complexity index is 765. The number of methoxy groups -OCH3 is 1. The number of rotatable bonds is 5. The number of hydrogen-bond acceptors (Lipinski definition) is 3. The van der Waals surface area contributed by atoms with Crippen LogP contribution >= 0.6 is 23.2 Å². The second kappa shape index (κ2) is 8.04. The standard InChI is InChI=1S/C17H16Cl2N2O3/c1-11(22)21(16-8-12(18)6-7-15(16)19)10-17(23)20-13-4-3-5-14(9-13)24-2/h3-9H,10H2,1-2H3,(H,20,23). The van der Waals surface area contributed by atoms with E-state index in [2.05, 4.69) is 5.32 Å². The molecule has 7 heteroatoms. The smallest absolute Gasteiger partial charge is 0.244 e. The summed E-state index contributed by atoms with van der Waals surface area (Å²) < 4.78 is 5.11. The first kappa shape index (κ1) is 18.1. The van der Waals surface area contributed by atoms with E-state index in [4.69, 9.17) is 27.9 Å². The van der Waals surface area contributed by atoms with Gasteiger partial charge in [-0.2, -0.15) is 0 Å². The Kier molecular flexibility index (Phi) is 6.06. The number of hydrogen-bond donors (Lipinski definition) is 1. The highest BCUT2D eigenvalue weighted by atomic mass is 35.5. The molecule has 0 heterocycles. The van der Waals surface area contributed by atoms with E-state index in [-0.39, 0.29) is 18.4 Å². The van der Waals surface area contributed by atoms with Crippen molar-refractivity contribution in [3.8, 4) is 5.75 Å². The summed E-state index contributed by atoms with van der Waals surface area (Å²) in [6.07, 6.45) is 0. The van der Waals surface area contributed by atoms with Crippen LogP contribution < -0.4 is 15.0 Å². The van der Waals surface area contributed by atoms with Gasteiger partial charge in [-0.1, -0.05) is 29.3 Å². The number of ether oxygens (including phenoxy) is 1. The largest absolute Gasteiger partial charge is 0.497 e. The van der Waals surface area contributed by atoms with Crippen molar-refractivity contribution in [3.63, 3.8) is 0 Å². The maximum absolute atomic E-state index is 12.3. The highest BCUT2D eigenvalue weighted by Crippen LogP contribution is 2.29. The summed E-state index contributed by atoms with van der Waals surface area (Å²) >= 11 is 12.1. The molecule has 0 aliphatic carbocycles. The average molecular weight is 367 g/mol. The second-order valence-electron chi connectivity index (χ2n) is 4.98. The van der Waals surface area contributed by atoms with Crippen LogP contribution in [-0.4, -0.2) is 25.5 Å². The van der Waals surface area contributed by atoms with Crippen LogP contribution in [0, 0.1) is 0 Å². The fraction of sp³-hybridized carbons (Fsp3) is 0.176. The third kappa shape index (κ3) is 4.63. The predicted molar refractivity (Wildman–Crippen MR) is 96.1 cm³/mol. The van der Waals surface area contributed by atoms with E-state index in [9.17, 15) is 9.59 Å². The highest BCUT2D eigenvalue weighted by molar-refractivity contribution is 6.35. The first-order chi connectivity index (χ1) is 11.4. The third-order valence-electron chi connectivity index (χ3n) is 3.23. The summed E-state index contributed by atoms with van der Waals surface area (Å²) in [5.74, 6) is -0.0661. The Morgan fingerprint density at radius 2 is 1.92 bits per heavy atom. The lowest BCUT2D eigenvalue weighted by molar-refractivity contribution is -0.120. The summed E-state index contributed by atoms with van der Waals surface area (Å²) in [5, 5.41) is 3.48. The van der Waals surface area contributed by atoms with Crippen LogP contribution in [0.5, 0.6) is 5.75 Å². The van der Waals surface area contributed by atoms with Crippen molar-refractivity contribution in [2.24, 2.45) is 0 Å². The van der Waals surface area contributed by atoms with Gasteiger partial charge in [-0.15, -0.1) is 0 Å². The lowest BCUT2D eigenvalue weighted by Crippen LogP contribution is -2.36. The molecule has 5 nitrogen and oxygen atoms in total. The lowest BCUT2D eigenvalue weighted by atomic mass is 10.2. The SMILES string of the molecule is COc1cccc(NC(=O)CN(C(C)=O)c2cc(Cl)ccc2Cl)c1. The molecule has 2 aromatic rings. The maximum atomic E-state index is 12.3. The van der Waals surface area contributed by atoms with E-state index in [1.807, 2.05) is 0 Å². The van der Waals surface area contributed by atoms with Crippen molar-refractivity contribution in [2.75, 3.05) is 23.9 Å². The second-order valence-corrected chi connectivity index (χ2v) is 5.82. The predicted octanol–water partition coefficient (Wildman–Crippen LogP) is 3.99. The minimum Gasteiger partial charge on any atom is -0.497 e. The minimum absolute atomic E-state index is 0.188.